The first-order valence-electron chi connectivity index (χ1n) is 7.19. The second-order valence-corrected chi connectivity index (χ2v) is 6.64. The minimum Gasteiger partial charge on any atom is -0.344 e. The average Bonchev–Trinajstić information content (AvgIpc) is 3.04. The molecule has 3 rings (SSSR count). The van der Waals surface area contributed by atoms with Crippen molar-refractivity contribution in [2.24, 2.45) is 0 Å². The van der Waals surface area contributed by atoms with E-state index >= 15 is 0 Å². The van der Waals surface area contributed by atoms with Crippen molar-refractivity contribution >= 4 is 28.5 Å². The van der Waals surface area contributed by atoms with Gasteiger partial charge >= 0.3 is 0 Å². The summed E-state index contributed by atoms with van der Waals surface area (Å²) in [6.07, 6.45) is 0.804. The molecule has 0 saturated carbocycles. The number of hydrogen-bond acceptors (Lipinski definition) is 4. The van der Waals surface area contributed by atoms with E-state index in [1.807, 2.05) is 38.1 Å². The van der Waals surface area contributed by atoms with Crippen molar-refractivity contribution in [3.8, 4) is 11.3 Å². The lowest BCUT2D eigenvalue weighted by atomic mass is 10.1. The first-order chi connectivity index (χ1) is 10.9. The zero-order valence-electron chi connectivity index (χ0n) is 13.5. The Morgan fingerprint density at radius 3 is 2.43 bits per heavy atom. The van der Waals surface area contributed by atoms with E-state index in [4.69, 9.17) is 0 Å². The van der Waals surface area contributed by atoms with Gasteiger partial charge in [-0.1, -0.05) is 41.2 Å². The third-order valence-corrected chi connectivity index (χ3v) is 4.91. The molecule has 0 spiro atoms. The van der Waals surface area contributed by atoms with Gasteiger partial charge in [-0.15, -0.1) is 0 Å². The van der Waals surface area contributed by atoms with Crippen molar-refractivity contribution in [3.63, 3.8) is 0 Å². The van der Waals surface area contributed by atoms with E-state index < -0.39 is 0 Å². The van der Waals surface area contributed by atoms with Crippen LogP contribution in [0.25, 0.3) is 16.2 Å². The van der Waals surface area contributed by atoms with Gasteiger partial charge in [-0.3, -0.25) is 14.0 Å². The molecule has 0 saturated heterocycles. The average molecular weight is 327 g/mol. The van der Waals surface area contributed by atoms with E-state index in [0.29, 0.717) is 21.2 Å². The molecule has 3 aromatic rings. The summed E-state index contributed by atoms with van der Waals surface area (Å²) in [5.41, 5.74) is 3.93. The Balaban J connectivity index is 2.22. The van der Waals surface area contributed by atoms with Crippen LogP contribution in [0.4, 0.5) is 0 Å². The molecular formula is C17H17N3O2S. The van der Waals surface area contributed by atoms with Crippen LogP contribution in [0.5, 0.6) is 0 Å². The lowest BCUT2D eigenvalue weighted by Crippen LogP contribution is -2.21. The molecule has 1 aromatic carbocycles. The Hall–Kier alpha value is -2.47. The number of carbonyl (C=O) groups is 2. The summed E-state index contributed by atoms with van der Waals surface area (Å²) in [5, 5.41) is 0. The smallest absolute Gasteiger partial charge is 0.265 e. The number of fused-ring (bicyclic) bond motifs is 1. The normalized spacial score (nSPS) is 11.0. The van der Waals surface area contributed by atoms with Crippen molar-refractivity contribution in [1.29, 1.82) is 0 Å². The highest BCUT2D eigenvalue weighted by Gasteiger charge is 2.23. The number of rotatable bonds is 3. The molecule has 0 unspecified atom stereocenters. The van der Waals surface area contributed by atoms with Gasteiger partial charge in [0.2, 0.25) is 0 Å². The SMILES string of the molecule is Cc1ccc(-c2nc3sc(C(=O)N(C)C)c(C)n3c2C=O)cc1. The summed E-state index contributed by atoms with van der Waals surface area (Å²) in [5.74, 6) is -0.0771. The van der Waals surface area contributed by atoms with Gasteiger partial charge in [0.15, 0.2) is 11.2 Å². The summed E-state index contributed by atoms with van der Waals surface area (Å²) in [6, 6.07) is 7.89. The summed E-state index contributed by atoms with van der Waals surface area (Å²) in [4.78, 5) is 31.3. The number of aromatic nitrogens is 2. The summed E-state index contributed by atoms with van der Waals surface area (Å²) >= 11 is 1.31. The van der Waals surface area contributed by atoms with Crippen LogP contribution in [0.1, 0.15) is 31.4 Å². The molecule has 118 valence electrons. The Bertz CT molecular complexity index is 904. The van der Waals surface area contributed by atoms with Gasteiger partial charge in [0.05, 0.1) is 0 Å². The van der Waals surface area contributed by atoms with Crippen LogP contribution < -0.4 is 0 Å². The zero-order valence-corrected chi connectivity index (χ0v) is 14.3. The van der Waals surface area contributed by atoms with Crippen LogP contribution in [0, 0.1) is 13.8 Å². The fourth-order valence-corrected chi connectivity index (χ4v) is 3.66. The number of imidazole rings is 1. The van der Waals surface area contributed by atoms with Crippen LogP contribution in [-0.2, 0) is 0 Å². The number of carbonyl (C=O) groups excluding carboxylic acids is 2. The molecule has 0 aliphatic rings. The largest absolute Gasteiger partial charge is 0.344 e. The zero-order chi connectivity index (χ0) is 16.7. The third-order valence-electron chi connectivity index (χ3n) is 3.78. The van der Waals surface area contributed by atoms with Crippen LogP contribution in [-0.4, -0.2) is 40.6 Å². The maximum Gasteiger partial charge on any atom is 0.265 e. The highest BCUT2D eigenvalue weighted by atomic mass is 32.1. The molecule has 0 atom stereocenters. The predicted molar refractivity (Wildman–Crippen MR) is 91.4 cm³/mol. The summed E-state index contributed by atoms with van der Waals surface area (Å²) in [6.45, 7) is 3.85. The Labute approximate surface area is 138 Å². The van der Waals surface area contributed by atoms with Gasteiger partial charge < -0.3 is 4.90 Å². The molecule has 2 aromatic heterocycles. The fourth-order valence-electron chi connectivity index (χ4n) is 2.51. The van der Waals surface area contributed by atoms with Crippen molar-refractivity contribution in [3.05, 3.63) is 46.1 Å². The van der Waals surface area contributed by atoms with Gasteiger partial charge in [-0.05, 0) is 13.8 Å². The number of thiazole rings is 1. The van der Waals surface area contributed by atoms with Gasteiger partial charge in [-0.2, -0.15) is 0 Å². The maximum absolute atomic E-state index is 12.2. The predicted octanol–water partition coefficient (Wildman–Crippen LogP) is 3.19. The number of amides is 1. The lowest BCUT2D eigenvalue weighted by Gasteiger charge is -2.08. The van der Waals surface area contributed by atoms with Crippen molar-refractivity contribution in [1.82, 2.24) is 14.3 Å². The summed E-state index contributed by atoms with van der Waals surface area (Å²) < 4.78 is 1.77. The van der Waals surface area contributed by atoms with Crippen LogP contribution >= 0.6 is 11.3 Å². The molecule has 0 radical (unpaired) electrons. The number of aldehydes is 1. The van der Waals surface area contributed by atoms with Crippen molar-refractivity contribution < 1.29 is 9.59 Å². The van der Waals surface area contributed by atoms with E-state index in [9.17, 15) is 9.59 Å². The molecular weight excluding hydrogens is 310 g/mol. The van der Waals surface area contributed by atoms with E-state index in [1.165, 1.54) is 16.2 Å². The quantitative estimate of drug-likeness (QED) is 0.694. The highest BCUT2D eigenvalue weighted by Crippen LogP contribution is 2.30. The van der Waals surface area contributed by atoms with Gasteiger partial charge in [-0.25, -0.2) is 4.98 Å². The van der Waals surface area contributed by atoms with Crippen LogP contribution in [0.2, 0.25) is 0 Å². The number of nitrogens with zero attached hydrogens (tertiary/aromatic N) is 3. The monoisotopic (exact) mass is 327 g/mol. The van der Waals surface area contributed by atoms with Gasteiger partial charge in [0.1, 0.15) is 16.3 Å². The first kappa shape index (κ1) is 15.4. The lowest BCUT2D eigenvalue weighted by molar-refractivity contribution is 0.0831. The molecule has 0 aliphatic carbocycles. The minimum atomic E-state index is -0.0771. The topological polar surface area (TPSA) is 54.7 Å². The van der Waals surface area contributed by atoms with Crippen LogP contribution in [0.15, 0.2) is 24.3 Å². The highest BCUT2D eigenvalue weighted by molar-refractivity contribution is 7.19. The standard InChI is InChI=1S/C17H17N3O2S/c1-10-5-7-12(8-6-10)14-13(9-21)20-11(2)15(16(22)19(3)4)23-17(20)18-14/h5-9H,1-4H3. The Kier molecular flexibility index (Phi) is 3.77. The molecule has 0 aliphatic heterocycles. The van der Waals surface area contributed by atoms with Crippen molar-refractivity contribution in [2.75, 3.05) is 14.1 Å². The number of aryl methyl sites for hydroxylation is 2. The van der Waals surface area contributed by atoms with E-state index in [1.54, 1.807) is 18.5 Å². The number of benzene rings is 1. The molecule has 1 amide bonds. The van der Waals surface area contributed by atoms with Crippen molar-refractivity contribution in [2.45, 2.75) is 13.8 Å². The van der Waals surface area contributed by atoms with Crippen LogP contribution in [0.3, 0.4) is 0 Å². The third kappa shape index (κ3) is 2.45. The molecule has 6 heteroatoms. The summed E-state index contributed by atoms with van der Waals surface area (Å²) in [7, 11) is 3.42. The number of hydrogen-bond donors (Lipinski definition) is 0. The molecule has 0 bridgehead atoms. The molecule has 5 nitrogen and oxygen atoms in total. The van der Waals surface area contributed by atoms with Gasteiger partial charge in [0.25, 0.3) is 5.91 Å². The second kappa shape index (κ2) is 5.62. The molecule has 23 heavy (non-hydrogen) atoms. The molecule has 0 N–H and O–H groups in total. The minimum absolute atomic E-state index is 0.0771. The van der Waals surface area contributed by atoms with E-state index in [0.717, 1.165) is 23.1 Å². The molecule has 0 fully saturated rings. The first-order valence-corrected chi connectivity index (χ1v) is 8.01. The fraction of sp³-hybridized carbons (Fsp3) is 0.235. The van der Waals surface area contributed by atoms with E-state index in [-0.39, 0.29) is 5.91 Å². The molecule has 2 heterocycles. The second-order valence-electron chi connectivity index (χ2n) is 5.66. The van der Waals surface area contributed by atoms with Gasteiger partial charge in [0, 0.05) is 25.4 Å². The maximum atomic E-state index is 12.2. The Morgan fingerprint density at radius 2 is 1.87 bits per heavy atom. The van der Waals surface area contributed by atoms with E-state index in [2.05, 4.69) is 4.98 Å². The Morgan fingerprint density at radius 1 is 1.22 bits per heavy atom.